The zero-order chi connectivity index (χ0) is 19.8. The highest BCUT2D eigenvalue weighted by atomic mass is 79.9. The van der Waals surface area contributed by atoms with Gasteiger partial charge in [-0.15, -0.1) is 0 Å². The molecular formula is C27H21BrSi. The lowest BCUT2D eigenvalue weighted by molar-refractivity contribution is 1.66. The van der Waals surface area contributed by atoms with Gasteiger partial charge in [-0.05, 0) is 49.2 Å². The Bertz CT molecular complexity index is 1260. The van der Waals surface area contributed by atoms with Crippen LogP contribution in [0.5, 0.6) is 0 Å². The first kappa shape index (κ1) is 18.4. The summed E-state index contributed by atoms with van der Waals surface area (Å²) in [5.41, 5.74) is 0. The van der Waals surface area contributed by atoms with E-state index in [4.69, 9.17) is 0 Å². The highest BCUT2D eigenvalue weighted by molar-refractivity contribution is 9.10. The van der Waals surface area contributed by atoms with E-state index in [1.165, 1.54) is 37.1 Å². The molecule has 2 heteroatoms. The zero-order valence-electron chi connectivity index (χ0n) is 16.3. The molecule has 0 saturated carbocycles. The lowest BCUT2D eigenvalue weighted by Crippen LogP contribution is -2.64. The molecule has 0 spiro atoms. The molecule has 0 atom stereocenters. The minimum Gasteiger partial charge on any atom is -0.0622 e. The number of hydrogen-bond donors (Lipinski definition) is 0. The lowest BCUT2D eigenvalue weighted by Gasteiger charge is -2.30. The summed E-state index contributed by atoms with van der Waals surface area (Å²) in [5, 5.41) is 9.48. The molecule has 0 unspecified atom stereocenters. The first-order valence-corrected chi connectivity index (χ1v) is 13.2. The topological polar surface area (TPSA) is 0 Å². The second kappa shape index (κ2) is 7.29. The number of rotatable bonds is 3. The molecule has 0 N–H and O–H groups in total. The van der Waals surface area contributed by atoms with E-state index >= 15 is 0 Å². The van der Waals surface area contributed by atoms with E-state index < -0.39 is 8.07 Å². The van der Waals surface area contributed by atoms with Gasteiger partial charge in [0.05, 0.1) is 0 Å². The molecule has 5 rings (SSSR count). The van der Waals surface area contributed by atoms with E-state index in [9.17, 15) is 0 Å². The predicted molar refractivity (Wildman–Crippen MR) is 133 cm³/mol. The molecule has 0 aliphatic carbocycles. The summed E-state index contributed by atoms with van der Waals surface area (Å²) < 4.78 is 1.13. The van der Waals surface area contributed by atoms with Gasteiger partial charge in [0.15, 0.2) is 0 Å². The fourth-order valence-electron chi connectivity index (χ4n) is 4.30. The second-order valence-electron chi connectivity index (χ2n) is 7.76. The van der Waals surface area contributed by atoms with Crippen molar-refractivity contribution >= 4 is 61.1 Å². The maximum Gasteiger partial charge on any atom is 0.145 e. The summed E-state index contributed by atoms with van der Waals surface area (Å²) in [7, 11) is -2.17. The van der Waals surface area contributed by atoms with Crippen LogP contribution in [0, 0.1) is 0 Å². The molecule has 29 heavy (non-hydrogen) atoms. The minimum atomic E-state index is -2.17. The summed E-state index contributed by atoms with van der Waals surface area (Å²) >= 11 is 3.70. The van der Waals surface area contributed by atoms with E-state index in [0.717, 1.165) is 4.47 Å². The molecule has 5 aromatic rings. The average molecular weight is 453 g/mol. The molecule has 0 heterocycles. The van der Waals surface area contributed by atoms with Crippen LogP contribution in [-0.2, 0) is 0 Å². The Kier molecular flexibility index (Phi) is 4.61. The van der Waals surface area contributed by atoms with Crippen molar-refractivity contribution in [2.24, 2.45) is 0 Å². The highest BCUT2D eigenvalue weighted by Crippen LogP contribution is 2.19. The Morgan fingerprint density at radius 1 is 0.483 bits per heavy atom. The molecule has 0 aliphatic rings. The van der Waals surface area contributed by atoms with Crippen molar-refractivity contribution in [2.45, 2.75) is 6.55 Å². The van der Waals surface area contributed by atoms with Gasteiger partial charge >= 0.3 is 0 Å². The Labute approximate surface area is 181 Å². The quantitative estimate of drug-likeness (QED) is 0.237. The van der Waals surface area contributed by atoms with Crippen molar-refractivity contribution in [1.29, 1.82) is 0 Å². The first-order chi connectivity index (χ1) is 14.1. The van der Waals surface area contributed by atoms with Crippen LogP contribution >= 0.6 is 15.9 Å². The molecular weight excluding hydrogens is 432 g/mol. The van der Waals surface area contributed by atoms with Gasteiger partial charge in [-0.3, -0.25) is 0 Å². The fraction of sp³-hybridized carbons (Fsp3) is 0.0370. The van der Waals surface area contributed by atoms with E-state index in [-0.39, 0.29) is 0 Å². The van der Waals surface area contributed by atoms with E-state index in [2.05, 4.69) is 132 Å². The normalized spacial score (nSPS) is 11.8. The van der Waals surface area contributed by atoms with Crippen molar-refractivity contribution in [1.82, 2.24) is 0 Å². The van der Waals surface area contributed by atoms with Gasteiger partial charge in [-0.1, -0.05) is 120 Å². The van der Waals surface area contributed by atoms with Crippen LogP contribution in [0.2, 0.25) is 6.55 Å². The number of hydrogen-bond acceptors (Lipinski definition) is 0. The largest absolute Gasteiger partial charge is 0.145 e. The number of benzene rings is 5. The van der Waals surface area contributed by atoms with Gasteiger partial charge in [-0.2, -0.15) is 0 Å². The summed E-state index contributed by atoms with van der Waals surface area (Å²) in [6.07, 6.45) is 0. The van der Waals surface area contributed by atoms with E-state index in [1.54, 1.807) is 0 Å². The second-order valence-corrected chi connectivity index (χ2v) is 12.7. The standard InChI is InChI=1S/C27H21BrSi/c1-29(25-12-6-11-24(28)19-25,26-15-13-20-7-2-4-9-22(20)17-26)27-16-14-21-8-3-5-10-23(21)18-27/h2-19H,1H3. The molecule has 5 aromatic carbocycles. The molecule has 0 aromatic heterocycles. The molecule has 0 amide bonds. The summed E-state index contributed by atoms with van der Waals surface area (Å²) in [6.45, 7) is 2.48. The predicted octanol–water partition coefficient (Wildman–Crippen LogP) is 5.86. The van der Waals surface area contributed by atoms with Gasteiger partial charge in [0, 0.05) is 4.47 Å². The van der Waals surface area contributed by atoms with Crippen molar-refractivity contribution in [3.05, 3.63) is 114 Å². The molecule has 0 bridgehead atoms. The number of fused-ring (bicyclic) bond motifs is 2. The van der Waals surface area contributed by atoms with Crippen molar-refractivity contribution in [3.63, 3.8) is 0 Å². The molecule has 0 fully saturated rings. The molecule has 0 aliphatic heterocycles. The van der Waals surface area contributed by atoms with E-state index in [0.29, 0.717) is 0 Å². The third-order valence-corrected chi connectivity index (χ3v) is 10.9. The van der Waals surface area contributed by atoms with Crippen molar-refractivity contribution in [2.75, 3.05) is 0 Å². The van der Waals surface area contributed by atoms with Gasteiger partial charge in [0.1, 0.15) is 8.07 Å². The van der Waals surface area contributed by atoms with Crippen LogP contribution in [0.3, 0.4) is 0 Å². The summed E-state index contributed by atoms with van der Waals surface area (Å²) in [5.74, 6) is 0. The zero-order valence-corrected chi connectivity index (χ0v) is 18.9. The Hall–Kier alpha value is -2.68. The smallest absolute Gasteiger partial charge is 0.0622 e. The van der Waals surface area contributed by atoms with Crippen molar-refractivity contribution < 1.29 is 0 Å². The highest BCUT2D eigenvalue weighted by Gasteiger charge is 2.34. The number of halogens is 1. The minimum absolute atomic E-state index is 1.13. The van der Waals surface area contributed by atoms with Gasteiger partial charge in [-0.25, -0.2) is 0 Å². The summed E-state index contributed by atoms with van der Waals surface area (Å²) in [4.78, 5) is 0. The van der Waals surface area contributed by atoms with E-state index in [1.807, 2.05) is 0 Å². The Morgan fingerprint density at radius 3 is 1.48 bits per heavy atom. The first-order valence-electron chi connectivity index (χ1n) is 9.89. The van der Waals surface area contributed by atoms with Gasteiger partial charge < -0.3 is 0 Å². The Balaban J connectivity index is 1.80. The van der Waals surface area contributed by atoms with Crippen molar-refractivity contribution in [3.8, 4) is 0 Å². The van der Waals surface area contributed by atoms with Gasteiger partial charge in [0.2, 0.25) is 0 Å². The van der Waals surface area contributed by atoms with Crippen LogP contribution < -0.4 is 15.6 Å². The maximum absolute atomic E-state index is 3.70. The lowest BCUT2D eigenvalue weighted by atomic mass is 10.1. The summed E-state index contributed by atoms with van der Waals surface area (Å²) in [6, 6.07) is 40.2. The average Bonchev–Trinajstić information content (AvgIpc) is 2.78. The van der Waals surface area contributed by atoms with Crippen LogP contribution in [0.25, 0.3) is 21.5 Å². The molecule has 140 valence electrons. The monoisotopic (exact) mass is 452 g/mol. The van der Waals surface area contributed by atoms with Crippen LogP contribution in [-0.4, -0.2) is 8.07 Å². The van der Waals surface area contributed by atoms with Crippen LogP contribution in [0.1, 0.15) is 0 Å². The third-order valence-electron chi connectivity index (χ3n) is 6.06. The fourth-order valence-corrected chi connectivity index (χ4v) is 8.51. The molecule has 0 radical (unpaired) electrons. The third kappa shape index (κ3) is 3.23. The Morgan fingerprint density at radius 2 is 0.966 bits per heavy atom. The maximum atomic E-state index is 3.70. The molecule has 0 saturated heterocycles. The molecule has 0 nitrogen and oxygen atoms in total. The van der Waals surface area contributed by atoms with Gasteiger partial charge in [0.25, 0.3) is 0 Å². The van der Waals surface area contributed by atoms with Crippen LogP contribution in [0.15, 0.2) is 114 Å². The van der Waals surface area contributed by atoms with Crippen LogP contribution in [0.4, 0.5) is 0 Å². The SMILES string of the molecule is C[Si](c1cccc(Br)c1)(c1ccc2ccccc2c1)c1ccc2ccccc2c1.